The predicted molar refractivity (Wildman–Crippen MR) is 356 cm³/mol. The molecule has 0 amide bonds. The molecule has 0 saturated heterocycles. The molecule has 0 bridgehead atoms. The first kappa shape index (κ1) is 80.8. The average Bonchev–Trinajstić information content (AvgIpc) is 3.44. The molecule has 2 heteroatoms. The van der Waals surface area contributed by atoms with Crippen LogP contribution in [0.15, 0.2) is 0 Å². The van der Waals surface area contributed by atoms with Crippen molar-refractivity contribution in [2.24, 2.45) is 0 Å². The second-order valence-electron chi connectivity index (χ2n) is 26.9. The summed E-state index contributed by atoms with van der Waals surface area (Å²) in [6, 6.07) is 0. The molecule has 0 saturated carbocycles. The van der Waals surface area contributed by atoms with Gasteiger partial charge < -0.3 is 28.5 Å². The lowest BCUT2D eigenvalue weighted by Gasteiger charge is -2.40. The van der Waals surface area contributed by atoms with E-state index in [0.717, 1.165) is 0 Å². The highest BCUT2D eigenvalue weighted by Crippen LogP contribution is 2.23. The van der Waals surface area contributed by atoms with Crippen molar-refractivity contribution >= 4 is 0 Å². The highest BCUT2D eigenvalue weighted by molar-refractivity contribution is 4.58. The topological polar surface area (TPSA) is 0 Å². The first-order chi connectivity index (χ1) is 38.2. The van der Waals surface area contributed by atoms with Crippen LogP contribution in [0.5, 0.6) is 0 Å². The van der Waals surface area contributed by atoms with E-state index in [0.29, 0.717) is 0 Å². The van der Waals surface area contributed by atoms with Gasteiger partial charge in [-0.2, -0.15) is 0 Å². The van der Waals surface area contributed by atoms with Crippen molar-refractivity contribution in [3.8, 4) is 0 Å². The maximum Gasteiger partial charge on any atom is 0.0786 e. The van der Waals surface area contributed by atoms with E-state index in [-0.39, 0.29) is 24.0 Å². The molecule has 0 aromatic carbocycles. The van der Waals surface area contributed by atoms with Gasteiger partial charge in [-0.15, -0.1) is 0 Å². The molecule has 0 N–H and O–H groups in total. The van der Waals surface area contributed by atoms with E-state index in [9.17, 15) is 0 Å². The Morgan fingerprint density at radius 3 is 0.282 bits per heavy atom. The van der Waals surface area contributed by atoms with Gasteiger partial charge in [0.15, 0.2) is 0 Å². The van der Waals surface area contributed by atoms with Gasteiger partial charge in [-0.1, -0.05) is 413 Å². The monoisotopic (exact) mass is 1210 g/mol. The van der Waals surface area contributed by atoms with Crippen molar-refractivity contribution < 1.29 is 28.5 Å². The number of unbranched alkanes of at least 4 members (excludes halogenated alkanes) is 64. The Morgan fingerprint density at radius 1 is 0.115 bits per heavy atom. The van der Waals surface area contributed by atoms with Crippen molar-refractivity contribution in [2.75, 3.05) is 26.2 Å². The minimum absolute atomic E-state index is 0. The van der Waals surface area contributed by atoms with Crippen molar-refractivity contribution in [3.05, 3.63) is 0 Å². The molecule has 0 rings (SSSR count). The molecule has 0 unspecified atom stereocenters. The molecule has 1 nitrogen and oxygen atoms in total. The summed E-state index contributed by atoms with van der Waals surface area (Å²) in [6.07, 6.45) is 101. The van der Waals surface area contributed by atoms with Crippen LogP contribution in [0.4, 0.5) is 0 Å². The summed E-state index contributed by atoms with van der Waals surface area (Å²) in [5.41, 5.74) is 0. The minimum atomic E-state index is 0. The van der Waals surface area contributed by atoms with Crippen LogP contribution in [0.2, 0.25) is 0 Å². The van der Waals surface area contributed by atoms with Crippen LogP contribution in [0.3, 0.4) is 0 Å². The van der Waals surface area contributed by atoms with Gasteiger partial charge >= 0.3 is 0 Å². The lowest BCUT2D eigenvalue weighted by atomic mass is 10.0. The van der Waals surface area contributed by atoms with E-state index in [1.165, 1.54) is 467 Å². The Labute approximate surface area is 515 Å². The predicted octanol–water partition coefficient (Wildman–Crippen LogP) is 25.4. The van der Waals surface area contributed by atoms with E-state index in [1.54, 1.807) is 0 Å². The standard InChI is InChI=1S/C76H156N.HI/c1-5-9-13-17-21-25-29-33-37-41-45-49-53-57-61-65-69-73-77(74-70-66-62-58-54-50-46-42-38-34-30-26-22-18-14-10-6-2,75-71-67-63-59-55-51-47-43-39-35-31-27-23-19-15-11-7-3)76-72-68-64-60-56-52-48-44-40-36-32-28-24-20-16-12-8-4;/h5-76H2,1-4H3;1H/q+1;/p-1. The summed E-state index contributed by atoms with van der Waals surface area (Å²) in [5, 5.41) is 0. The molecule has 0 aliphatic heterocycles. The summed E-state index contributed by atoms with van der Waals surface area (Å²) in [7, 11) is 0. The molecule has 0 aliphatic carbocycles. The number of quaternary nitrogens is 1. The van der Waals surface area contributed by atoms with Crippen LogP contribution < -0.4 is 24.0 Å². The van der Waals surface area contributed by atoms with Crippen LogP contribution in [0.25, 0.3) is 0 Å². The molecule has 0 heterocycles. The molecule has 0 radical (unpaired) electrons. The van der Waals surface area contributed by atoms with Crippen LogP contribution >= 0.6 is 0 Å². The smallest absolute Gasteiger partial charge is 0.0786 e. The lowest BCUT2D eigenvalue weighted by Crippen LogP contribution is -3.00. The summed E-state index contributed by atoms with van der Waals surface area (Å²) in [6.45, 7) is 15.3. The molecule has 472 valence electrons. The molecule has 78 heavy (non-hydrogen) atoms. The molecule has 0 aromatic rings. The SMILES string of the molecule is CCCCCCCCCCCCCCCCCCC[N+](CCCCCCCCCCCCCCCCCCC)(CCCCCCCCCCCCCCCCCCC)CCCCCCCCCCCCCCCCCCC.[I-]. The molecular formula is C76H156IN. The number of hydrogen-bond donors (Lipinski definition) is 0. The van der Waals surface area contributed by atoms with Crippen LogP contribution in [0.1, 0.15) is 464 Å². The van der Waals surface area contributed by atoms with Crippen molar-refractivity contribution in [1.82, 2.24) is 0 Å². The number of hydrogen-bond acceptors (Lipinski definition) is 0. The Bertz CT molecular complexity index is 836. The number of nitrogens with zero attached hydrogens (tertiary/aromatic N) is 1. The zero-order valence-electron chi connectivity index (χ0n) is 55.7. The fourth-order valence-corrected chi connectivity index (χ4v) is 13.4. The largest absolute Gasteiger partial charge is 1.00 e. The average molecular weight is 1210 g/mol. The third kappa shape index (κ3) is 67.5. The third-order valence-electron chi connectivity index (χ3n) is 18.9. The van der Waals surface area contributed by atoms with Gasteiger partial charge in [0.2, 0.25) is 0 Å². The van der Waals surface area contributed by atoms with Gasteiger partial charge in [-0.25, -0.2) is 0 Å². The highest BCUT2D eigenvalue weighted by atomic mass is 127. The second kappa shape index (κ2) is 73.8. The molecular weight excluding hydrogens is 1050 g/mol. The van der Waals surface area contributed by atoms with Crippen LogP contribution in [-0.2, 0) is 0 Å². The number of rotatable bonds is 72. The summed E-state index contributed by atoms with van der Waals surface area (Å²) in [5.74, 6) is 0. The molecule has 0 aliphatic rings. The quantitative estimate of drug-likeness (QED) is 0.0323. The van der Waals surface area contributed by atoms with Gasteiger partial charge in [-0.05, 0) is 51.4 Å². The maximum absolute atomic E-state index is 2.33. The first-order valence-corrected chi connectivity index (χ1v) is 38.1. The second-order valence-corrected chi connectivity index (χ2v) is 26.9. The zero-order valence-corrected chi connectivity index (χ0v) is 57.9. The van der Waals surface area contributed by atoms with Crippen molar-refractivity contribution in [2.45, 2.75) is 464 Å². The Kier molecular flexibility index (Phi) is 76.4. The molecule has 0 atom stereocenters. The Hall–Kier alpha value is 0.690. The maximum atomic E-state index is 2.33. The zero-order chi connectivity index (χ0) is 55.4. The van der Waals surface area contributed by atoms with Gasteiger partial charge in [-0.3, -0.25) is 0 Å². The highest BCUT2D eigenvalue weighted by Gasteiger charge is 2.26. The van der Waals surface area contributed by atoms with E-state index < -0.39 is 0 Å². The van der Waals surface area contributed by atoms with Gasteiger partial charge in [0.25, 0.3) is 0 Å². The molecule has 0 aromatic heterocycles. The normalized spacial score (nSPS) is 11.8. The minimum Gasteiger partial charge on any atom is -1.00 e. The van der Waals surface area contributed by atoms with E-state index in [1.807, 2.05) is 0 Å². The Balaban J connectivity index is 0. The van der Waals surface area contributed by atoms with E-state index in [4.69, 9.17) is 0 Å². The van der Waals surface area contributed by atoms with Crippen molar-refractivity contribution in [1.29, 1.82) is 0 Å². The lowest BCUT2D eigenvalue weighted by molar-refractivity contribution is -0.929. The molecule has 0 spiro atoms. The summed E-state index contributed by atoms with van der Waals surface area (Å²) in [4.78, 5) is 0. The van der Waals surface area contributed by atoms with Gasteiger partial charge in [0.1, 0.15) is 0 Å². The molecule has 0 fully saturated rings. The summed E-state index contributed by atoms with van der Waals surface area (Å²) < 4.78 is 1.50. The van der Waals surface area contributed by atoms with Crippen molar-refractivity contribution in [3.63, 3.8) is 0 Å². The fraction of sp³-hybridized carbons (Fsp3) is 1.00. The van der Waals surface area contributed by atoms with Gasteiger partial charge in [0, 0.05) is 0 Å². The van der Waals surface area contributed by atoms with Crippen LogP contribution in [-0.4, -0.2) is 30.7 Å². The van der Waals surface area contributed by atoms with E-state index in [2.05, 4.69) is 27.7 Å². The number of halogens is 1. The van der Waals surface area contributed by atoms with Gasteiger partial charge in [0.05, 0.1) is 26.2 Å². The van der Waals surface area contributed by atoms with Crippen LogP contribution in [0, 0.1) is 0 Å². The summed E-state index contributed by atoms with van der Waals surface area (Å²) >= 11 is 0. The fourth-order valence-electron chi connectivity index (χ4n) is 13.4. The first-order valence-electron chi connectivity index (χ1n) is 38.1. The van der Waals surface area contributed by atoms with E-state index >= 15 is 0 Å². The third-order valence-corrected chi connectivity index (χ3v) is 18.9. The Morgan fingerprint density at radius 2 is 0.192 bits per heavy atom.